The number of benzene rings is 4. The molecule has 6 nitrogen and oxygen atoms in total. The molecule has 2 N–H and O–H groups in total. The van der Waals surface area contributed by atoms with Crippen LogP contribution in [0.4, 0.5) is 0 Å². The third-order valence-corrected chi connectivity index (χ3v) is 7.05. The molecule has 0 aliphatic carbocycles. The van der Waals surface area contributed by atoms with Crippen molar-refractivity contribution < 1.29 is 19.5 Å². The maximum atomic E-state index is 13.9. The van der Waals surface area contributed by atoms with Crippen LogP contribution in [0, 0.1) is 0 Å². The van der Waals surface area contributed by atoms with Crippen molar-refractivity contribution in [1.29, 1.82) is 0 Å². The fourth-order valence-electron chi connectivity index (χ4n) is 4.39. The molecule has 0 fully saturated rings. The molecule has 2 amide bonds. The highest BCUT2D eigenvalue weighted by molar-refractivity contribution is 6.35. The topological polar surface area (TPSA) is 86.7 Å². The summed E-state index contributed by atoms with van der Waals surface area (Å²) in [6.45, 7) is 0.638. The van der Waals surface area contributed by atoms with Crippen LogP contribution in [-0.4, -0.2) is 40.9 Å². The number of carbonyl (C=O) groups is 3. The normalized spacial score (nSPS) is 10.7. The lowest BCUT2D eigenvalue weighted by Crippen LogP contribution is -2.35. The Balaban J connectivity index is 1.61. The minimum absolute atomic E-state index is 0.0208. The van der Waals surface area contributed by atoms with Gasteiger partial charge in [0.05, 0.1) is 6.42 Å². The summed E-state index contributed by atoms with van der Waals surface area (Å²) in [5.74, 6) is -1.60. The van der Waals surface area contributed by atoms with Gasteiger partial charge in [-0.1, -0.05) is 96.0 Å². The van der Waals surface area contributed by atoms with Gasteiger partial charge in [-0.25, -0.2) is 0 Å². The molecule has 0 unspecified atom stereocenters. The second-order valence-electron chi connectivity index (χ2n) is 9.18. The summed E-state index contributed by atoms with van der Waals surface area (Å²) in [6.07, 6.45) is 0.211. The second kappa shape index (κ2) is 13.8. The lowest BCUT2D eigenvalue weighted by Gasteiger charge is -2.24. The van der Waals surface area contributed by atoms with Crippen LogP contribution in [0.3, 0.4) is 0 Å². The summed E-state index contributed by atoms with van der Waals surface area (Å²) in [5, 5.41) is 13.3. The van der Waals surface area contributed by atoms with Gasteiger partial charge in [0.2, 0.25) is 0 Å². The van der Waals surface area contributed by atoms with E-state index in [4.69, 9.17) is 23.2 Å². The first-order valence-corrected chi connectivity index (χ1v) is 13.5. The van der Waals surface area contributed by atoms with E-state index in [1.165, 1.54) is 4.90 Å². The first-order valence-electron chi connectivity index (χ1n) is 12.8. The molecule has 0 aliphatic heterocycles. The summed E-state index contributed by atoms with van der Waals surface area (Å²) in [4.78, 5) is 40.0. The number of amides is 2. The van der Waals surface area contributed by atoms with Crippen molar-refractivity contribution in [3.63, 3.8) is 0 Å². The van der Waals surface area contributed by atoms with Gasteiger partial charge in [-0.15, -0.1) is 0 Å². The highest BCUT2D eigenvalue weighted by Crippen LogP contribution is 2.29. The summed E-state index contributed by atoms with van der Waals surface area (Å²) < 4.78 is 0. The molecular weight excluding hydrogens is 547 g/mol. The average molecular weight is 575 g/mol. The molecule has 40 heavy (non-hydrogen) atoms. The molecule has 4 rings (SSSR count). The van der Waals surface area contributed by atoms with E-state index in [2.05, 4.69) is 5.32 Å². The average Bonchev–Trinajstić information content (AvgIpc) is 2.97. The fraction of sp³-hybridized carbons (Fsp3) is 0.156. The first-order chi connectivity index (χ1) is 19.3. The van der Waals surface area contributed by atoms with Crippen LogP contribution >= 0.6 is 23.2 Å². The zero-order chi connectivity index (χ0) is 28.5. The summed E-state index contributed by atoms with van der Waals surface area (Å²) in [6, 6.07) is 28.9. The number of nitrogens with one attached hydrogen (secondary N) is 1. The second-order valence-corrected chi connectivity index (χ2v) is 10.0. The van der Waals surface area contributed by atoms with Gasteiger partial charge in [-0.2, -0.15) is 0 Å². The van der Waals surface area contributed by atoms with E-state index < -0.39 is 5.97 Å². The maximum absolute atomic E-state index is 13.9. The number of rotatable bonds is 11. The van der Waals surface area contributed by atoms with E-state index in [9.17, 15) is 19.5 Å². The zero-order valence-corrected chi connectivity index (χ0v) is 23.2. The zero-order valence-electron chi connectivity index (χ0n) is 21.6. The van der Waals surface area contributed by atoms with Crippen molar-refractivity contribution in [1.82, 2.24) is 10.2 Å². The largest absolute Gasteiger partial charge is 0.481 e. The Hall–Kier alpha value is -4.13. The quantitative estimate of drug-likeness (QED) is 0.207. The Bertz CT molecular complexity index is 1510. The molecule has 0 radical (unpaired) electrons. The Kier molecular flexibility index (Phi) is 9.95. The third-order valence-electron chi connectivity index (χ3n) is 6.46. The van der Waals surface area contributed by atoms with Crippen LogP contribution in [0.2, 0.25) is 10.0 Å². The molecule has 8 heteroatoms. The Morgan fingerprint density at radius 2 is 1.38 bits per heavy atom. The van der Waals surface area contributed by atoms with E-state index >= 15 is 0 Å². The fourth-order valence-corrected chi connectivity index (χ4v) is 4.89. The molecule has 0 aromatic heterocycles. The smallest absolute Gasteiger partial charge is 0.305 e. The van der Waals surface area contributed by atoms with Gasteiger partial charge in [0.25, 0.3) is 11.8 Å². The van der Waals surface area contributed by atoms with Crippen molar-refractivity contribution in [3.05, 3.63) is 129 Å². The number of halogens is 2. The molecule has 4 aromatic carbocycles. The summed E-state index contributed by atoms with van der Waals surface area (Å²) in [5.41, 5.74) is 3.77. The maximum Gasteiger partial charge on any atom is 0.305 e. The van der Waals surface area contributed by atoms with Gasteiger partial charge in [0.1, 0.15) is 0 Å². The summed E-state index contributed by atoms with van der Waals surface area (Å²) in [7, 11) is 0. The Labute approximate surface area is 243 Å². The van der Waals surface area contributed by atoms with Gasteiger partial charge in [0.15, 0.2) is 0 Å². The van der Waals surface area contributed by atoms with E-state index in [0.717, 1.165) is 11.1 Å². The van der Waals surface area contributed by atoms with Crippen LogP contribution < -0.4 is 5.32 Å². The molecule has 0 atom stereocenters. The highest BCUT2D eigenvalue weighted by Gasteiger charge is 2.23. The van der Waals surface area contributed by atoms with Crippen molar-refractivity contribution in [2.24, 2.45) is 0 Å². The Morgan fingerprint density at radius 3 is 2.05 bits per heavy atom. The van der Waals surface area contributed by atoms with Crippen LogP contribution in [0.1, 0.15) is 38.3 Å². The molecule has 0 saturated carbocycles. The number of nitrogens with zero attached hydrogens (tertiary/aromatic N) is 1. The van der Waals surface area contributed by atoms with Gasteiger partial charge >= 0.3 is 5.97 Å². The van der Waals surface area contributed by atoms with E-state index in [1.807, 2.05) is 36.4 Å². The van der Waals surface area contributed by atoms with Crippen molar-refractivity contribution in [3.8, 4) is 11.1 Å². The van der Waals surface area contributed by atoms with E-state index in [0.29, 0.717) is 45.3 Å². The molecule has 0 aliphatic rings. The molecule has 4 aromatic rings. The van der Waals surface area contributed by atoms with Crippen molar-refractivity contribution in [2.75, 3.05) is 13.1 Å². The molecule has 0 spiro atoms. The number of carbonyl (C=O) groups excluding carboxylic acids is 2. The molecule has 0 saturated heterocycles. The molecular formula is C32H28Cl2N2O4. The van der Waals surface area contributed by atoms with Crippen LogP contribution in [0.25, 0.3) is 11.1 Å². The standard InChI is InChI=1S/C32H28Cl2N2O4/c33-24-15-14-23(29(34)20-24)16-18-36(19-17-30(37)38)32(40)28-13-7-5-11-26(28)25-10-4-6-12-27(25)31(39)35-21-22-8-2-1-3-9-22/h1-15,20H,16-19,21H2,(H,35,39)(H,37,38). The predicted octanol–water partition coefficient (Wildman–Crippen LogP) is 6.75. The number of carboxylic acid groups (broad SMARTS) is 1. The minimum Gasteiger partial charge on any atom is -0.481 e. The molecule has 0 heterocycles. The lowest BCUT2D eigenvalue weighted by atomic mass is 9.94. The molecule has 204 valence electrons. The summed E-state index contributed by atoms with van der Waals surface area (Å²) >= 11 is 12.3. The van der Waals surface area contributed by atoms with E-state index in [-0.39, 0.29) is 31.3 Å². The van der Waals surface area contributed by atoms with Crippen LogP contribution in [0.15, 0.2) is 97.1 Å². The lowest BCUT2D eigenvalue weighted by molar-refractivity contribution is -0.137. The van der Waals surface area contributed by atoms with Crippen molar-refractivity contribution >= 4 is 41.0 Å². The predicted molar refractivity (Wildman–Crippen MR) is 158 cm³/mol. The monoisotopic (exact) mass is 574 g/mol. The Morgan fingerprint density at radius 1 is 0.750 bits per heavy atom. The van der Waals surface area contributed by atoms with Crippen molar-refractivity contribution in [2.45, 2.75) is 19.4 Å². The van der Waals surface area contributed by atoms with Gasteiger partial charge < -0.3 is 15.3 Å². The van der Waals surface area contributed by atoms with Gasteiger partial charge in [-0.3, -0.25) is 14.4 Å². The molecule has 0 bridgehead atoms. The third kappa shape index (κ3) is 7.50. The number of hydrogen-bond acceptors (Lipinski definition) is 3. The highest BCUT2D eigenvalue weighted by atomic mass is 35.5. The van der Waals surface area contributed by atoms with Crippen LogP contribution in [-0.2, 0) is 17.8 Å². The number of hydrogen-bond donors (Lipinski definition) is 2. The number of aliphatic carboxylic acids is 1. The SMILES string of the molecule is O=C(O)CCN(CCc1ccc(Cl)cc1Cl)C(=O)c1ccccc1-c1ccccc1C(=O)NCc1ccccc1. The van der Waals surface area contributed by atoms with E-state index in [1.54, 1.807) is 60.7 Å². The van der Waals surface area contributed by atoms with Gasteiger partial charge in [-0.05, 0) is 52.9 Å². The number of carboxylic acids is 1. The van der Waals surface area contributed by atoms with Gasteiger partial charge in [0, 0.05) is 40.8 Å². The first kappa shape index (κ1) is 28.9. The minimum atomic E-state index is -1.00. The van der Waals surface area contributed by atoms with Crippen LogP contribution in [0.5, 0.6) is 0 Å².